The van der Waals surface area contributed by atoms with E-state index in [1.54, 1.807) is 24.3 Å². The fourth-order valence-electron chi connectivity index (χ4n) is 2.24. The average Bonchev–Trinajstić information content (AvgIpc) is 2.61. The van der Waals surface area contributed by atoms with Gasteiger partial charge in [-0.2, -0.15) is 0 Å². The molecule has 0 saturated heterocycles. The normalized spacial score (nSPS) is 10.2. The molecule has 27 heavy (non-hydrogen) atoms. The number of hydrogen-bond acceptors (Lipinski definition) is 3. The molecule has 0 unspecified atom stereocenters. The number of carbonyl (C=O) groups is 2. The second-order valence-corrected chi connectivity index (χ2v) is 7.04. The van der Waals surface area contributed by atoms with Crippen LogP contribution in [0.3, 0.4) is 0 Å². The summed E-state index contributed by atoms with van der Waals surface area (Å²) in [5.41, 5.74) is 1.39. The number of nitrogens with one attached hydrogen (secondary N) is 3. The average molecular weight is 424 g/mol. The van der Waals surface area contributed by atoms with Gasteiger partial charge in [0.2, 0.25) is 0 Å². The third-order valence-corrected chi connectivity index (χ3v) is 4.19. The molecule has 0 aliphatic carbocycles. The molecule has 0 aliphatic rings. The van der Waals surface area contributed by atoms with Gasteiger partial charge in [-0.3, -0.25) is 14.9 Å². The number of thiocarbonyl (C=S) groups is 1. The van der Waals surface area contributed by atoms with Crippen LogP contribution in [0.2, 0.25) is 10.0 Å². The predicted molar refractivity (Wildman–Crippen MR) is 114 cm³/mol. The summed E-state index contributed by atoms with van der Waals surface area (Å²) in [7, 11) is 0. The van der Waals surface area contributed by atoms with Gasteiger partial charge in [-0.05, 0) is 55.0 Å². The maximum Gasteiger partial charge on any atom is 0.257 e. The van der Waals surface area contributed by atoms with E-state index in [1.807, 2.05) is 0 Å². The smallest absolute Gasteiger partial charge is 0.257 e. The van der Waals surface area contributed by atoms with Crippen molar-refractivity contribution in [3.63, 3.8) is 0 Å². The zero-order valence-corrected chi connectivity index (χ0v) is 17.0. The lowest BCUT2D eigenvalue weighted by atomic mass is 10.2. The first-order valence-corrected chi connectivity index (χ1v) is 9.52. The highest BCUT2D eigenvalue weighted by atomic mass is 35.5. The summed E-state index contributed by atoms with van der Waals surface area (Å²) in [5, 5.41) is 9.10. The van der Waals surface area contributed by atoms with Crippen LogP contribution in [0.25, 0.3) is 0 Å². The molecular weight excluding hydrogens is 405 g/mol. The van der Waals surface area contributed by atoms with Crippen LogP contribution < -0.4 is 16.0 Å². The summed E-state index contributed by atoms with van der Waals surface area (Å²) in [6.45, 7) is 2.69. The number of rotatable bonds is 6. The van der Waals surface area contributed by atoms with Crippen molar-refractivity contribution in [3.05, 3.63) is 63.6 Å². The first kappa shape index (κ1) is 21.2. The number of halogens is 2. The molecule has 8 heteroatoms. The Labute approximate surface area is 173 Å². The highest BCUT2D eigenvalue weighted by Crippen LogP contribution is 2.19. The Morgan fingerprint density at radius 1 is 1.00 bits per heavy atom. The summed E-state index contributed by atoms with van der Waals surface area (Å²) in [6, 6.07) is 11.4. The van der Waals surface area contributed by atoms with E-state index in [1.165, 1.54) is 18.2 Å². The van der Waals surface area contributed by atoms with Crippen molar-refractivity contribution in [1.29, 1.82) is 0 Å². The molecule has 0 fully saturated rings. The number of benzene rings is 2. The summed E-state index contributed by atoms with van der Waals surface area (Å²) in [6.07, 6.45) is 1.93. The van der Waals surface area contributed by atoms with E-state index in [2.05, 4.69) is 22.9 Å². The third-order valence-electron chi connectivity index (χ3n) is 3.55. The zero-order valence-electron chi connectivity index (χ0n) is 14.6. The van der Waals surface area contributed by atoms with Gasteiger partial charge in [0.1, 0.15) is 0 Å². The fourth-order valence-corrected chi connectivity index (χ4v) is 2.98. The molecule has 0 aliphatic heterocycles. The van der Waals surface area contributed by atoms with Crippen molar-refractivity contribution in [1.82, 2.24) is 10.6 Å². The molecule has 0 atom stereocenters. The maximum absolute atomic E-state index is 12.3. The van der Waals surface area contributed by atoms with Crippen LogP contribution in [0, 0.1) is 0 Å². The minimum absolute atomic E-state index is 0.0969. The van der Waals surface area contributed by atoms with Gasteiger partial charge in [-0.25, -0.2) is 0 Å². The number of hydrogen-bond donors (Lipinski definition) is 3. The summed E-state index contributed by atoms with van der Waals surface area (Å²) >= 11 is 17.0. The SMILES string of the molecule is CCCCNC(=O)c1cccc(NC(=S)NC(=O)c2cc(Cl)cc(Cl)c2)c1. The van der Waals surface area contributed by atoms with Crippen molar-refractivity contribution in [2.45, 2.75) is 19.8 Å². The van der Waals surface area contributed by atoms with E-state index in [0.29, 0.717) is 33.4 Å². The molecule has 3 N–H and O–H groups in total. The van der Waals surface area contributed by atoms with E-state index in [0.717, 1.165) is 12.8 Å². The maximum atomic E-state index is 12.3. The molecule has 142 valence electrons. The van der Waals surface area contributed by atoms with Crippen molar-refractivity contribution >= 4 is 58.0 Å². The molecule has 2 amide bonds. The van der Waals surface area contributed by atoms with E-state index in [-0.39, 0.29) is 11.0 Å². The Balaban J connectivity index is 1.98. The molecule has 2 aromatic rings. The molecule has 2 rings (SSSR count). The standard InChI is InChI=1S/C19H19Cl2N3O2S/c1-2-3-7-22-17(25)12-5-4-6-16(10-12)23-19(27)24-18(26)13-8-14(20)11-15(21)9-13/h4-6,8-11H,2-3,7H2,1H3,(H,22,25)(H2,23,24,26,27). The summed E-state index contributed by atoms with van der Waals surface area (Å²) in [5.74, 6) is -0.596. The lowest BCUT2D eigenvalue weighted by Crippen LogP contribution is -2.34. The van der Waals surface area contributed by atoms with E-state index >= 15 is 0 Å². The van der Waals surface area contributed by atoms with Gasteiger partial charge in [-0.1, -0.05) is 42.6 Å². The summed E-state index contributed by atoms with van der Waals surface area (Å²) < 4.78 is 0. The van der Waals surface area contributed by atoms with Crippen LogP contribution in [-0.4, -0.2) is 23.5 Å². The third kappa shape index (κ3) is 6.82. The van der Waals surface area contributed by atoms with Crippen LogP contribution in [0.15, 0.2) is 42.5 Å². The second-order valence-electron chi connectivity index (χ2n) is 5.76. The van der Waals surface area contributed by atoms with E-state index in [9.17, 15) is 9.59 Å². The van der Waals surface area contributed by atoms with Crippen LogP contribution >= 0.6 is 35.4 Å². The van der Waals surface area contributed by atoms with Crippen molar-refractivity contribution in [3.8, 4) is 0 Å². The Morgan fingerprint density at radius 2 is 1.70 bits per heavy atom. The van der Waals surface area contributed by atoms with Crippen LogP contribution in [0.4, 0.5) is 5.69 Å². The minimum Gasteiger partial charge on any atom is -0.352 e. The Bertz CT molecular complexity index is 838. The number of unbranched alkanes of at least 4 members (excludes halogenated alkanes) is 1. The lowest BCUT2D eigenvalue weighted by Gasteiger charge is -2.11. The highest BCUT2D eigenvalue weighted by molar-refractivity contribution is 7.80. The molecular formula is C19H19Cl2N3O2S. The Hall–Kier alpha value is -2.15. The van der Waals surface area contributed by atoms with E-state index in [4.69, 9.17) is 35.4 Å². The quantitative estimate of drug-likeness (QED) is 0.467. The summed E-state index contributed by atoms with van der Waals surface area (Å²) in [4.78, 5) is 24.4. The van der Waals surface area contributed by atoms with Gasteiger partial charge in [0.15, 0.2) is 5.11 Å². The minimum atomic E-state index is -0.439. The van der Waals surface area contributed by atoms with Crippen LogP contribution in [-0.2, 0) is 0 Å². The molecule has 0 saturated carbocycles. The van der Waals surface area contributed by atoms with Crippen molar-refractivity contribution < 1.29 is 9.59 Å². The van der Waals surface area contributed by atoms with Crippen LogP contribution in [0.5, 0.6) is 0 Å². The molecule has 0 spiro atoms. The molecule has 0 bridgehead atoms. The van der Waals surface area contributed by atoms with Gasteiger partial charge in [0, 0.05) is 33.4 Å². The first-order valence-electron chi connectivity index (χ1n) is 8.35. The fraction of sp³-hybridized carbons (Fsp3) is 0.211. The number of anilines is 1. The highest BCUT2D eigenvalue weighted by Gasteiger charge is 2.11. The van der Waals surface area contributed by atoms with Gasteiger partial charge < -0.3 is 10.6 Å². The largest absolute Gasteiger partial charge is 0.352 e. The second kappa shape index (κ2) is 10.3. The van der Waals surface area contributed by atoms with Crippen molar-refractivity contribution in [2.75, 3.05) is 11.9 Å². The molecule has 0 radical (unpaired) electrons. The van der Waals surface area contributed by atoms with E-state index < -0.39 is 5.91 Å². The molecule has 0 aromatic heterocycles. The number of amides is 2. The van der Waals surface area contributed by atoms with Crippen LogP contribution in [0.1, 0.15) is 40.5 Å². The lowest BCUT2D eigenvalue weighted by molar-refractivity contribution is 0.0950. The first-order chi connectivity index (χ1) is 12.9. The predicted octanol–water partition coefficient (Wildman–Crippen LogP) is 4.65. The molecule has 2 aromatic carbocycles. The Morgan fingerprint density at radius 3 is 2.37 bits per heavy atom. The van der Waals surface area contributed by atoms with Gasteiger partial charge in [0.05, 0.1) is 0 Å². The van der Waals surface area contributed by atoms with Crippen molar-refractivity contribution in [2.24, 2.45) is 0 Å². The number of carbonyl (C=O) groups excluding carboxylic acids is 2. The van der Waals surface area contributed by atoms with Gasteiger partial charge >= 0.3 is 0 Å². The molecule has 0 heterocycles. The van der Waals surface area contributed by atoms with Gasteiger partial charge in [0.25, 0.3) is 11.8 Å². The monoisotopic (exact) mass is 423 g/mol. The van der Waals surface area contributed by atoms with Gasteiger partial charge in [-0.15, -0.1) is 0 Å². The topological polar surface area (TPSA) is 70.2 Å². The zero-order chi connectivity index (χ0) is 19.8. The Kier molecular flexibility index (Phi) is 8.03. The molecule has 5 nitrogen and oxygen atoms in total.